The summed E-state index contributed by atoms with van der Waals surface area (Å²) in [5, 5.41) is 0. The number of aromatic nitrogens is 1. The Balaban J connectivity index is 3.16. The number of aromatic amines is 1. The number of esters is 1. The second-order valence-electron chi connectivity index (χ2n) is 3.38. The predicted molar refractivity (Wildman–Crippen MR) is 63.5 cm³/mol. The average molecular weight is 274 g/mol. The fourth-order valence-electron chi connectivity index (χ4n) is 1.32. The summed E-state index contributed by atoms with van der Waals surface area (Å²) in [6.45, 7) is 1.20. The fraction of sp³-hybridized carbons (Fsp3) is 0.400. The minimum Gasteiger partial charge on any atom is -0.468 e. The number of hydrogen-bond donors (Lipinski definition) is 1. The van der Waals surface area contributed by atoms with E-state index in [-0.39, 0.29) is 6.54 Å². The van der Waals surface area contributed by atoms with Gasteiger partial charge in [-0.1, -0.05) is 6.92 Å². The first-order valence-corrected chi connectivity index (χ1v) is 6.61. The smallest absolute Gasteiger partial charge is 0.321 e. The van der Waals surface area contributed by atoms with E-state index in [4.69, 9.17) is 0 Å². The Morgan fingerprint density at radius 3 is 2.67 bits per heavy atom. The number of hydrogen-bond acceptors (Lipinski definition) is 5. The molecule has 0 aliphatic carbocycles. The summed E-state index contributed by atoms with van der Waals surface area (Å²) in [6, 6.07) is 1.11. The molecule has 7 nitrogen and oxygen atoms in total. The predicted octanol–water partition coefficient (Wildman–Crippen LogP) is -0.442. The molecular weight excluding hydrogens is 260 g/mol. The number of nitrogens with zero attached hydrogens (tertiary/aromatic N) is 1. The maximum absolute atomic E-state index is 12.1. The molecule has 0 amide bonds. The first-order chi connectivity index (χ1) is 8.43. The van der Waals surface area contributed by atoms with Crippen LogP contribution in [-0.4, -0.2) is 43.9 Å². The molecule has 0 atom stereocenters. The molecule has 0 saturated carbocycles. The standard InChI is InChI=1S/C10H14N2O5S/c1-3-12(7-10(14)17-2)18(15,16)9-6-11-5-4-8(9)13/h4-6H,3,7H2,1-2H3,(H,11,13). The summed E-state index contributed by atoms with van der Waals surface area (Å²) in [7, 11) is -2.83. The van der Waals surface area contributed by atoms with Gasteiger partial charge in [-0.3, -0.25) is 9.59 Å². The van der Waals surface area contributed by atoms with Crippen LogP contribution in [0.1, 0.15) is 6.92 Å². The van der Waals surface area contributed by atoms with Crippen LogP contribution >= 0.6 is 0 Å². The number of pyridine rings is 1. The van der Waals surface area contributed by atoms with Crippen LogP contribution in [0.3, 0.4) is 0 Å². The Morgan fingerprint density at radius 2 is 2.17 bits per heavy atom. The van der Waals surface area contributed by atoms with E-state index in [1.165, 1.54) is 6.20 Å². The van der Waals surface area contributed by atoms with Crippen molar-refractivity contribution in [3.8, 4) is 0 Å². The van der Waals surface area contributed by atoms with Crippen molar-refractivity contribution < 1.29 is 17.9 Å². The molecule has 18 heavy (non-hydrogen) atoms. The number of sulfonamides is 1. The normalized spacial score (nSPS) is 11.5. The highest BCUT2D eigenvalue weighted by Crippen LogP contribution is 2.10. The number of methoxy groups -OCH3 is 1. The second-order valence-corrected chi connectivity index (χ2v) is 5.29. The van der Waals surface area contributed by atoms with Crippen LogP contribution < -0.4 is 5.43 Å². The number of nitrogens with one attached hydrogen (secondary N) is 1. The van der Waals surface area contributed by atoms with Crippen molar-refractivity contribution in [1.82, 2.24) is 9.29 Å². The van der Waals surface area contributed by atoms with E-state index in [9.17, 15) is 18.0 Å². The first kappa shape index (κ1) is 14.4. The van der Waals surface area contributed by atoms with Crippen molar-refractivity contribution in [2.24, 2.45) is 0 Å². The summed E-state index contributed by atoms with van der Waals surface area (Å²) in [5.41, 5.74) is -0.628. The molecule has 1 aromatic heterocycles. The molecule has 1 heterocycles. The number of carbonyl (C=O) groups is 1. The summed E-state index contributed by atoms with van der Waals surface area (Å²) in [4.78, 5) is 24.8. The van der Waals surface area contributed by atoms with Gasteiger partial charge in [0.05, 0.1) is 7.11 Å². The van der Waals surface area contributed by atoms with E-state index < -0.39 is 32.9 Å². The highest BCUT2D eigenvalue weighted by Gasteiger charge is 2.27. The SMILES string of the molecule is CCN(CC(=O)OC)S(=O)(=O)c1c[nH]ccc1=O. The van der Waals surface area contributed by atoms with Crippen LogP contribution in [0.15, 0.2) is 28.2 Å². The van der Waals surface area contributed by atoms with E-state index in [0.29, 0.717) is 0 Å². The molecule has 0 fully saturated rings. The van der Waals surface area contributed by atoms with E-state index in [2.05, 4.69) is 9.72 Å². The lowest BCUT2D eigenvalue weighted by atomic mass is 10.5. The van der Waals surface area contributed by atoms with Crippen molar-refractivity contribution in [2.75, 3.05) is 20.2 Å². The molecule has 0 aliphatic rings. The Morgan fingerprint density at radius 1 is 1.50 bits per heavy atom. The topological polar surface area (TPSA) is 96.5 Å². The Labute approximate surface area is 104 Å². The third kappa shape index (κ3) is 2.96. The molecule has 0 spiro atoms. The van der Waals surface area contributed by atoms with E-state index in [1.807, 2.05) is 0 Å². The molecule has 1 N–H and O–H groups in total. The van der Waals surface area contributed by atoms with Gasteiger partial charge in [0.25, 0.3) is 0 Å². The molecule has 100 valence electrons. The molecule has 0 aliphatic heterocycles. The van der Waals surface area contributed by atoms with Crippen molar-refractivity contribution in [1.29, 1.82) is 0 Å². The van der Waals surface area contributed by atoms with Gasteiger partial charge >= 0.3 is 5.97 Å². The number of likely N-dealkylation sites (N-methyl/N-ethyl adjacent to an activating group) is 1. The summed E-state index contributed by atoms with van der Waals surface area (Å²) in [5.74, 6) is -0.687. The van der Waals surface area contributed by atoms with Gasteiger partial charge in [0.1, 0.15) is 11.4 Å². The Bertz CT molecular complexity index is 578. The second kappa shape index (κ2) is 5.78. The van der Waals surface area contributed by atoms with E-state index in [1.54, 1.807) is 6.92 Å². The Kier molecular flexibility index (Phi) is 4.62. The highest BCUT2D eigenvalue weighted by molar-refractivity contribution is 7.89. The van der Waals surface area contributed by atoms with Crippen LogP contribution in [0, 0.1) is 0 Å². The fourth-order valence-corrected chi connectivity index (χ4v) is 2.75. The maximum atomic E-state index is 12.1. The quantitative estimate of drug-likeness (QED) is 0.734. The molecule has 0 saturated heterocycles. The molecule has 0 radical (unpaired) electrons. The largest absolute Gasteiger partial charge is 0.468 e. The highest BCUT2D eigenvalue weighted by atomic mass is 32.2. The zero-order chi connectivity index (χ0) is 13.8. The van der Waals surface area contributed by atoms with Crippen molar-refractivity contribution in [2.45, 2.75) is 11.8 Å². The molecule has 0 bridgehead atoms. The number of carbonyl (C=O) groups excluding carboxylic acids is 1. The Hall–Kier alpha value is -1.67. The molecular formula is C10H14N2O5S. The summed E-state index contributed by atoms with van der Waals surface area (Å²) < 4.78 is 29.6. The lowest BCUT2D eigenvalue weighted by Gasteiger charge is -2.18. The molecule has 0 aromatic carbocycles. The monoisotopic (exact) mass is 274 g/mol. The van der Waals surface area contributed by atoms with Crippen molar-refractivity contribution in [3.05, 3.63) is 28.7 Å². The van der Waals surface area contributed by atoms with Crippen LogP contribution in [0.25, 0.3) is 0 Å². The van der Waals surface area contributed by atoms with Crippen LogP contribution in [0.5, 0.6) is 0 Å². The first-order valence-electron chi connectivity index (χ1n) is 5.17. The number of ether oxygens (including phenoxy) is 1. The van der Waals surface area contributed by atoms with Gasteiger partial charge in [-0.15, -0.1) is 0 Å². The van der Waals surface area contributed by atoms with Gasteiger partial charge in [-0.25, -0.2) is 8.42 Å². The van der Waals surface area contributed by atoms with Crippen LogP contribution in [0.2, 0.25) is 0 Å². The minimum atomic E-state index is -4.00. The number of rotatable bonds is 5. The van der Waals surface area contributed by atoms with Crippen molar-refractivity contribution in [3.63, 3.8) is 0 Å². The number of H-pyrrole nitrogens is 1. The van der Waals surface area contributed by atoms with E-state index in [0.717, 1.165) is 23.7 Å². The maximum Gasteiger partial charge on any atom is 0.321 e. The van der Waals surface area contributed by atoms with Crippen LogP contribution in [0.4, 0.5) is 0 Å². The zero-order valence-corrected chi connectivity index (χ0v) is 10.9. The van der Waals surface area contributed by atoms with Crippen molar-refractivity contribution >= 4 is 16.0 Å². The van der Waals surface area contributed by atoms with E-state index >= 15 is 0 Å². The lowest BCUT2D eigenvalue weighted by Crippen LogP contribution is -2.38. The summed E-state index contributed by atoms with van der Waals surface area (Å²) >= 11 is 0. The third-order valence-corrected chi connectivity index (χ3v) is 4.23. The molecule has 1 rings (SSSR count). The molecule has 1 aromatic rings. The van der Waals surface area contributed by atoms with Crippen LogP contribution in [-0.2, 0) is 19.6 Å². The molecule has 8 heteroatoms. The lowest BCUT2D eigenvalue weighted by molar-refractivity contribution is -0.140. The average Bonchev–Trinajstić information content (AvgIpc) is 2.35. The summed E-state index contributed by atoms with van der Waals surface area (Å²) in [6.07, 6.45) is 2.43. The molecule has 0 unspecified atom stereocenters. The van der Waals surface area contributed by atoms with Gasteiger partial charge in [0, 0.05) is 25.0 Å². The zero-order valence-electron chi connectivity index (χ0n) is 10.0. The van der Waals surface area contributed by atoms with Gasteiger partial charge < -0.3 is 9.72 Å². The van der Waals surface area contributed by atoms with Gasteiger partial charge in [0.2, 0.25) is 15.5 Å². The van der Waals surface area contributed by atoms with Gasteiger partial charge in [0.15, 0.2) is 0 Å². The third-order valence-electron chi connectivity index (χ3n) is 2.29. The van der Waals surface area contributed by atoms with Gasteiger partial charge in [-0.05, 0) is 0 Å². The van der Waals surface area contributed by atoms with Gasteiger partial charge in [-0.2, -0.15) is 4.31 Å². The minimum absolute atomic E-state index is 0.0613.